The second-order valence-corrected chi connectivity index (χ2v) is 4.81. The Morgan fingerprint density at radius 2 is 2.21 bits per heavy atom. The zero-order valence-corrected chi connectivity index (χ0v) is 10.8. The highest BCUT2D eigenvalue weighted by atomic mass is 15.2. The Bertz CT molecular complexity index is 702. The predicted molar refractivity (Wildman–Crippen MR) is 74.8 cm³/mol. The van der Waals surface area contributed by atoms with E-state index >= 15 is 0 Å². The summed E-state index contributed by atoms with van der Waals surface area (Å²) in [4.78, 5) is 4.13. The van der Waals surface area contributed by atoms with Gasteiger partial charge in [0.2, 0.25) is 0 Å². The molecule has 0 amide bonds. The molecule has 1 unspecified atom stereocenters. The van der Waals surface area contributed by atoms with E-state index in [2.05, 4.69) is 41.3 Å². The number of nitrogens with two attached hydrogens (primary N) is 1. The average Bonchev–Trinajstić information content (AvgIpc) is 2.82. The van der Waals surface area contributed by atoms with Crippen LogP contribution in [0.4, 0.5) is 0 Å². The number of nitrogens with zero attached hydrogens (tertiary/aromatic N) is 3. The number of hydrogen-bond acceptors (Lipinski definition) is 3. The molecule has 3 rings (SSSR count). The number of aromatic nitrogens is 3. The lowest BCUT2D eigenvalue weighted by atomic mass is 10.00. The SMILES string of the molecule is Cc1cccc(CC(N)c2cnn3ccncc23)c1. The van der Waals surface area contributed by atoms with E-state index in [0.29, 0.717) is 0 Å². The molecule has 3 aromatic rings. The summed E-state index contributed by atoms with van der Waals surface area (Å²) in [5.74, 6) is 0. The summed E-state index contributed by atoms with van der Waals surface area (Å²) in [6, 6.07) is 8.37. The maximum atomic E-state index is 6.31. The fourth-order valence-corrected chi connectivity index (χ4v) is 2.34. The Hall–Kier alpha value is -2.20. The Morgan fingerprint density at radius 3 is 3.05 bits per heavy atom. The van der Waals surface area contributed by atoms with Gasteiger partial charge >= 0.3 is 0 Å². The highest BCUT2D eigenvalue weighted by molar-refractivity contribution is 5.53. The van der Waals surface area contributed by atoms with Crippen LogP contribution in [0, 0.1) is 6.92 Å². The zero-order valence-electron chi connectivity index (χ0n) is 10.8. The lowest BCUT2D eigenvalue weighted by molar-refractivity contribution is 0.727. The van der Waals surface area contributed by atoms with E-state index in [4.69, 9.17) is 5.73 Å². The fraction of sp³-hybridized carbons (Fsp3) is 0.200. The topological polar surface area (TPSA) is 56.2 Å². The Morgan fingerprint density at radius 1 is 1.32 bits per heavy atom. The van der Waals surface area contributed by atoms with Gasteiger partial charge in [0.25, 0.3) is 0 Å². The highest BCUT2D eigenvalue weighted by Crippen LogP contribution is 2.20. The van der Waals surface area contributed by atoms with Crippen LogP contribution >= 0.6 is 0 Å². The van der Waals surface area contributed by atoms with E-state index in [1.165, 1.54) is 11.1 Å². The maximum Gasteiger partial charge on any atom is 0.0892 e. The molecule has 0 aliphatic carbocycles. The van der Waals surface area contributed by atoms with E-state index in [1.54, 1.807) is 16.9 Å². The van der Waals surface area contributed by atoms with Gasteiger partial charge in [0.1, 0.15) is 0 Å². The summed E-state index contributed by atoms with van der Waals surface area (Å²) in [5.41, 5.74) is 10.8. The lowest BCUT2D eigenvalue weighted by Gasteiger charge is -2.10. The molecule has 4 heteroatoms. The third-order valence-corrected chi connectivity index (χ3v) is 3.29. The van der Waals surface area contributed by atoms with Gasteiger partial charge in [-0.2, -0.15) is 5.10 Å². The molecule has 96 valence electrons. The molecule has 0 aliphatic rings. The van der Waals surface area contributed by atoms with Crippen LogP contribution in [0.15, 0.2) is 49.1 Å². The lowest BCUT2D eigenvalue weighted by Crippen LogP contribution is -2.13. The van der Waals surface area contributed by atoms with Gasteiger partial charge in [0.15, 0.2) is 0 Å². The molecule has 0 fully saturated rings. The van der Waals surface area contributed by atoms with Gasteiger partial charge in [-0.05, 0) is 18.9 Å². The van der Waals surface area contributed by atoms with Crippen molar-refractivity contribution in [2.45, 2.75) is 19.4 Å². The molecule has 19 heavy (non-hydrogen) atoms. The van der Waals surface area contributed by atoms with Crippen molar-refractivity contribution in [1.82, 2.24) is 14.6 Å². The number of aryl methyl sites for hydroxylation is 1. The molecule has 0 radical (unpaired) electrons. The minimum absolute atomic E-state index is 0.0662. The highest BCUT2D eigenvalue weighted by Gasteiger charge is 2.13. The first kappa shape index (κ1) is 11.9. The Balaban J connectivity index is 1.90. The molecule has 2 heterocycles. The van der Waals surface area contributed by atoms with E-state index in [-0.39, 0.29) is 6.04 Å². The largest absolute Gasteiger partial charge is 0.324 e. The molecule has 0 bridgehead atoms. The van der Waals surface area contributed by atoms with Crippen LogP contribution in [0.5, 0.6) is 0 Å². The number of rotatable bonds is 3. The summed E-state index contributed by atoms with van der Waals surface area (Å²) >= 11 is 0. The minimum Gasteiger partial charge on any atom is -0.324 e. The van der Waals surface area contributed by atoms with Gasteiger partial charge in [0.05, 0.1) is 17.9 Å². The van der Waals surface area contributed by atoms with E-state index < -0.39 is 0 Å². The summed E-state index contributed by atoms with van der Waals surface area (Å²) in [5, 5.41) is 4.30. The number of hydrogen-bond donors (Lipinski definition) is 1. The number of fused-ring (bicyclic) bond motifs is 1. The monoisotopic (exact) mass is 252 g/mol. The van der Waals surface area contributed by atoms with Crippen LogP contribution in [0.1, 0.15) is 22.7 Å². The van der Waals surface area contributed by atoms with E-state index in [9.17, 15) is 0 Å². The van der Waals surface area contributed by atoms with Gasteiger partial charge in [-0.25, -0.2) is 4.52 Å². The first-order valence-electron chi connectivity index (χ1n) is 6.32. The standard InChI is InChI=1S/C15H16N4/c1-11-3-2-4-12(7-11)8-14(16)13-9-18-19-6-5-17-10-15(13)19/h2-7,9-10,14H,8,16H2,1H3. The van der Waals surface area contributed by atoms with Crippen LogP contribution in [0.2, 0.25) is 0 Å². The molecular weight excluding hydrogens is 236 g/mol. The van der Waals surface area contributed by atoms with Gasteiger partial charge < -0.3 is 5.73 Å². The van der Waals surface area contributed by atoms with Crippen LogP contribution in [-0.4, -0.2) is 14.6 Å². The van der Waals surface area contributed by atoms with E-state index in [1.807, 2.05) is 12.4 Å². The van der Waals surface area contributed by atoms with E-state index in [0.717, 1.165) is 17.5 Å². The van der Waals surface area contributed by atoms with Crippen LogP contribution in [0.25, 0.3) is 5.52 Å². The fourth-order valence-electron chi connectivity index (χ4n) is 2.34. The van der Waals surface area contributed by atoms with Gasteiger partial charge in [-0.1, -0.05) is 29.8 Å². The molecule has 4 nitrogen and oxygen atoms in total. The molecule has 2 N–H and O–H groups in total. The summed E-state index contributed by atoms with van der Waals surface area (Å²) < 4.78 is 1.80. The Kier molecular flexibility index (Phi) is 3.01. The van der Waals surface area contributed by atoms with Crippen molar-refractivity contribution in [2.24, 2.45) is 5.73 Å². The molecule has 0 spiro atoms. The zero-order chi connectivity index (χ0) is 13.2. The van der Waals surface area contributed by atoms with Gasteiger partial charge in [-0.15, -0.1) is 0 Å². The van der Waals surface area contributed by atoms with Crippen molar-refractivity contribution in [3.63, 3.8) is 0 Å². The first-order chi connectivity index (χ1) is 9.24. The normalized spacial score (nSPS) is 12.7. The van der Waals surface area contributed by atoms with Gasteiger partial charge in [-0.3, -0.25) is 4.98 Å². The molecule has 1 atom stereocenters. The first-order valence-corrected chi connectivity index (χ1v) is 6.32. The minimum atomic E-state index is -0.0662. The molecule has 0 saturated heterocycles. The van der Waals surface area contributed by atoms with Crippen molar-refractivity contribution < 1.29 is 0 Å². The Labute approximate surface area is 111 Å². The summed E-state index contributed by atoms with van der Waals surface area (Å²) in [6.45, 7) is 2.09. The average molecular weight is 252 g/mol. The van der Waals surface area contributed by atoms with Crippen molar-refractivity contribution in [2.75, 3.05) is 0 Å². The predicted octanol–water partition coefficient (Wildman–Crippen LogP) is 2.28. The van der Waals surface area contributed by atoms with Crippen molar-refractivity contribution >= 4 is 5.52 Å². The molecule has 0 saturated carbocycles. The van der Waals surface area contributed by atoms with Gasteiger partial charge in [0, 0.05) is 24.0 Å². The second kappa shape index (κ2) is 4.82. The van der Waals surface area contributed by atoms with Crippen LogP contribution in [-0.2, 0) is 6.42 Å². The van der Waals surface area contributed by atoms with Crippen molar-refractivity contribution in [3.05, 3.63) is 65.7 Å². The third-order valence-electron chi connectivity index (χ3n) is 3.29. The second-order valence-electron chi connectivity index (χ2n) is 4.81. The van der Waals surface area contributed by atoms with Crippen molar-refractivity contribution in [3.8, 4) is 0 Å². The number of benzene rings is 1. The van der Waals surface area contributed by atoms with Crippen LogP contribution < -0.4 is 5.73 Å². The maximum absolute atomic E-state index is 6.31. The van der Waals surface area contributed by atoms with Crippen molar-refractivity contribution in [1.29, 1.82) is 0 Å². The summed E-state index contributed by atoms with van der Waals surface area (Å²) in [7, 11) is 0. The van der Waals surface area contributed by atoms with Crippen LogP contribution in [0.3, 0.4) is 0 Å². The third kappa shape index (κ3) is 2.35. The molecule has 2 aromatic heterocycles. The smallest absolute Gasteiger partial charge is 0.0892 e. The molecular formula is C15H16N4. The summed E-state index contributed by atoms with van der Waals surface area (Å²) in [6.07, 6.45) is 7.99. The molecule has 1 aromatic carbocycles. The quantitative estimate of drug-likeness (QED) is 0.778. The molecule has 0 aliphatic heterocycles.